The lowest BCUT2D eigenvalue weighted by molar-refractivity contribution is -0.143. The zero-order chi connectivity index (χ0) is 14.5. The van der Waals surface area contributed by atoms with Crippen LogP contribution in [0, 0.1) is 0 Å². The molecule has 0 saturated carbocycles. The molecule has 0 spiro atoms. The Hall–Kier alpha value is -1.04. The van der Waals surface area contributed by atoms with E-state index < -0.39 is 17.7 Å². The summed E-state index contributed by atoms with van der Waals surface area (Å²) in [7, 11) is 0. The van der Waals surface area contributed by atoms with Gasteiger partial charge in [0.1, 0.15) is 0 Å². The molecular formula is C13H14BrF3O2. The van der Waals surface area contributed by atoms with E-state index >= 15 is 0 Å². The number of halogens is 4. The minimum absolute atomic E-state index is 0.160. The van der Waals surface area contributed by atoms with Crippen molar-refractivity contribution in [3.8, 4) is 0 Å². The van der Waals surface area contributed by atoms with Gasteiger partial charge in [-0.3, -0.25) is 4.79 Å². The van der Waals surface area contributed by atoms with Gasteiger partial charge in [0.15, 0.2) is 0 Å². The lowest BCUT2D eigenvalue weighted by atomic mass is 10.1. The third kappa shape index (κ3) is 5.63. The molecule has 1 rings (SSSR count). The van der Waals surface area contributed by atoms with Crippen LogP contribution in [-0.2, 0) is 22.1 Å². The summed E-state index contributed by atoms with van der Waals surface area (Å²) in [5, 5.41) is 0. The molecule has 0 amide bonds. The highest BCUT2D eigenvalue weighted by Crippen LogP contribution is 2.32. The van der Waals surface area contributed by atoms with E-state index in [1.54, 1.807) is 0 Å². The van der Waals surface area contributed by atoms with Gasteiger partial charge in [-0.15, -0.1) is 0 Å². The average molecular weight is 339 g/mol. The number of carbonyl (C=O) groups is 1. The predicted octanol–water partition coefficient (Wildman–Crippen LogP) is 4.35. The fourth-order valence-electron chi connectivity index (χ4n) is 1.46. The van der Waals surface area contributed by atoms with Crippen LogP contribution in [0.5, 0.6) is 0 Å². The second-order valence-electron chi connectivity index (χ2n) is 4.10. The van der Waals surface area contributed by atoms with Crippen molar-refractivity contribution in [3.63, 3.8) is 0 Å². The maximum absolute atomic E-state index is 12.6. The van der Waals surface area contributed by atoms with Crippen LogP contribution in [-0.4, -0.2) is 12.6 Å². The molecule has 0 radical (unpaired) electrons. The smallest absolute Gasteiger partial charge is 0.416 e. The van der Waals surface area contributed by atoms with Crippen molar-refractivity contribution in [3.05, 3.63) is 33.8 Å². The zero-order valence-corrected chi connectivity index (χ0v) is 12.0. The van der Waals surface area contributed by atoms with Gasteiger partial charge in [-0.1, -0.05) is 29.3 Å². The summed E-state index contributed by atoms with van der Waals surface area (Å²) in [5.41, 5.74) is -0.499. The van der Waals surface area contributed by atoms with E-state index in [0.29, 0.717) is 11.1 Å². The van der Waals surface area contributed by atoms with Gasteiger partial charge in [-0.2, -0.15) is 13.2 Å². The number of hydrogen-bond acceptors (Lipinski definition) is 2. The number of alkyl halides is 3. The summed E-state index contributed by atoms with van der Waals surface area (Å²) in [6.45, 7) is 2.26. The first-order valence-electron chi connectivity index (χ1n) is 5.85. The molecule has 106 valence electrons. The van der Waals surface area contributed by atoms with Crippen LogP contribution in [0.4, 0.5) is 13.2 Å². The molecule has 1 aromatic carbocycles. The van der Waals surface area contributed by atoms with E-state index in [9.17, 15) is 18.0 Å². The zero-order valence-electron chi connectivity index (χ0n) is 10.4. The molecule has 6 heteroatoms. The average Bonchev–Trinajstić information content (AvgIpc) is 2.27. The van der Waals surface area contributed by atoms with E-state index in [2.05, 4.69) is 15.9 Å². The molecule has 0 N–H and O–H groups in total. The van der Waals surface area contributed by atoms with Crippen LogP contribution in [0.1, 0.15) is 30.9 Å². The molecule has 0 aliphatic rings. The first kappa shape index (κ1) is 16.0. The van der Waals surface area contributed by atoms with E-state index in [-0.39, 0.29) is 12.0 Å². The molecule has 0 aromatic heterocycles. The Morgan fingerprint density at radius 3 is 2.58 bits per heavy atom. The Balaban J connectivity index is 2.73. The van der Waals surface area contributed by atoms with E-state index in [1.165, 1.54) is 6.07 Å². The molecule has 0 fully saturated rings. The number of carbonyl (C=O) groups excluding carboxylic acids is 1. The quantitative estimate of drug-likeness (QED) is 0.589. The van der Waals surface area contributed by atoms with E-state index in [0.717, 1.165) is 25.0 Å². The van der Waals surface area contributed by atoms with Crippen molar-refractivity contribution in [1.29, 1.82) is 0 Å². The largest absolute Gasteiger partial charge is 0.465 e. The van der Waals surface area contributed by atoms with Crippen molar-refractivity contribution >= 4 is 21.9 Å². The Bertz CT molecular complexity index is 444. The predicted molar refractivity (Wildman–Crippen MR) is 68.7 cm³/mol. The summed E-state index contributed by atoms with van der Waals surface area (Å²) in [6, 6.07) is 3.42. The number of benzene rings is 1. The van der Waals surface area contributed by atoms with Crippen LogP contribution in [0.15, 0.2) is 22.7 Å². The Labute approximate surface area is 118 Å². The molecule has 0 unspecified atom stereocenters. The molecule has 0 heterocycles. The monoisotopic (exact) mass is 338 g/mol. The summed E-state index contributed by atoms with van der Waals surface area (Å²) >= 11 is 3.01. The van der Waals surface area contributed by atoms with Crippen LogP contribution in [0.2, 0.25) is 0 Å². The van der Waals surface area contributed by atoms with Crippen LogP contribution < -0.4 is 0 Å². The summed E-state index contributed by atoms with van der Waals surface area (Å²) in [6.07, 6.45) is -2.95. The van der Waals surface area contributed by atoms with Gasteiger partial charge in [0.05, 0.1) is 18.6 Å². The number of rotatable bonds is 5. The topological polar surface area (TPSA) is 26.3 Å². The Kier molecular flexibility index (Phi) is 5.85. The first-order chi connectivity index (χ1) is 8.82. The minimum Gasteiger partial charge on any atom is -0.465 e. The lowest BCUT2D eigenvalue weighted by Gasteiger charge is -2.10. The van der Waals surface area contributed by atoms with Gasteiger partial charge in [0.2, 0.25) is 0 Å². The molecule has 0 saturated heterocycles. The SMILES string of the molecule is CCCCOC(=O)Cc1cc(Br)cc(C(F)(F)F)c1. The number of hydrogen-bond donors (Lipinski definition) is 0. The summed E-state index contributed by atoms with van der Waals surface area (Å²) in [4.78, 5) is 11.4. The number of esters is 1. The van der Waals surface area contributed by atoms with Crippen LogP contribution in [0.25, 0.3) is 0 Å². The highest BCUT2D eigenvalue weighted by Gasteiger charge is 2.31. The second-order valence-corrected chi connectivity index (χ2v) is 5.01. The Morgan fingerprint density at radius 2 is 2.00 bits per heavy atom. The van der Waals surface area contributed by atoms with Crippen molar-refractivity contribution in [1.82, 2.24) is 0 Å². The van der Waals surface area contributed by atoms with Gasteiger partial charge in [-0.05, 0) is 30.2 Å². The van der Waals surface area contributed by atoms with Gasteiger partial charge in [0, 0.05) is 4.47 Å². The molecule has 2 nitrogen and oxygen atoms in total. The Morgan fingerprint density at radius 1 is 1.32 bits per heavy atom. The molecular weight excluding hydrogens is 325 g/mol. The van der Waals surface area contributed by atoms with E-state index in [1.807, 2.05) is 6.92 Å². The highest BCUT2D eigenvalue weighted by molar-refractivity contribution is 9.10. The van der Waals surface area contributed by atoms with Crippen LogP contribution in [0.3, 0.4) is 0 Å². The second kappa shape index (κ2) is 6.93. The minimum atomic E-state index is -4.43. The normalized spacial score (nSPS) is 11.4. The van der Waals surface area contributed by atoms with E-state index in [4.69, 9.17) is 4.74 Å². The van der Waals surface area contributed by atoms with Gasteiger partial charge in [-0.25, -0.2) is 0 Å². The molecule has 0 bridgehead atoms. The molecule has 19 heavy (non-hydrogen) atoms. The molecule has 0 atom stereocenters. The maximum atomic E-state index is 12.6. The van der Waals surface area contributed by atoms with Gasteiger partial charge in [0.25, 0.3) is 0 Å². The first-order valence-corrected chi connectivity index (χ1v) is 6.64. The third-order valence-electron chi connectivity index (χ3n) is 2.39. The van der Waals surface area contributed by atoms with Crippen LogP contribution >= 0.6 is 15.9 Å². The standard InChI is InChI=1S/C13H14BrF3O2/c1-2-3-4-19-12(18)7-9-5-10(13(15,16)17)8-11(14)6-9/h5-6,8H,2-4,7H2,1H3. The fourth-order valence-corrected chi connectivity index (χ4v) is 2.00. The van der Waals surface area contributed by atoms with Crippen molar-refractivity contribution in [2.45, 2.75) is 32.4 Å². The van der Waals surface area contributed by atoms with Crippen molar-refractivity contribution in [2.24, 2.45) is 0 Å². The fraction of sp³-hybridized carbons (Fsp3) is 0.462. The van der Waals surface area contributed by atoms with Gasteiger partial charge >= 0.3 is 12.1 Å². The molecule has 0 aliphatic heterocycles. The van der Waals surface area contributed by atoms with Gasteiger partial charge < -0.3 is 4.74 Å². The summed E-state index contributed by atoms with van der Waals surface area (Å²) < 4.78 is 43.0. The molecule has 0 aliphatic carbocycles. The summed E-state index contributed by atoms with van der Waals surface area (Å²) in [5.74, 6) is -0.514. The molecule has 1 aromatic rings. The van der Waals surface area contributed by atoms with Crippen molar-refractivity contribution in [2.75, 3.05) is 6.61 Å². The third-order valence-corrected chi connectivity index (χ3v) is 2.85. The maximum Gasteiger partial charge on any atom is 0.416 e. The highest BCUT2D eigenvalue weighted by atomic mass is 79.9. The van der Waals surface area contributed by atoms with Crippen molar-refractivity contribution < 1.29 is 22.7 Å². The number of unbranched alkanes of at least 4 members (excludes halogenated alkanes) is 1. The lowest BCUT2D eigenvalue weighted by Crippen LogP contribution is -2.11. The number of ether oxygens (including phenoxy) is 1.